The Labute approximate surface area is 238 Å². The van der Waals surface area contributed by atoms with Gasteiger partial charge in [-0.25, -0.2) is 4.98 Å². The summed E-state index contributed by atoms with van der Waals surface area (Å²) < 4.78 is 2.32. The van der Waals surface area contributed by atoms with Gasteiger partial charge in [0.1, 0.15) is 5.82 Å². The molecule has 1 N–H and O–H groups in total. The van der Waals surface area contributed by atoms with Crippen LogP contribution in [0.4, 0.5) is 5.82 Å². The van der Waals surface area contributed by atoms with Crippen LogP contribution in [0.25, 0.3) is 67.2 Å². The fourth-order valence-electron chi connectivity index (χ4n) is 5.94. The molecule has 41 heavy (non-hydrogen) atoms. The van der Waals surface area contributed by atoms with E-state index in [-0.39, 0.29) is 0 Å². The van der Waals surface area contributed by atoms with Crippen molar-refractivity contribution in [2.24, 2.45) is 0 Å². The molecule has 8 rings (SSSR count). The highest BCUT2D eigenvalue weighted by Gasteiger charge is 2.18. The zero-order valence-electron chi connectivity index (χ0n) is 22.3. The Morgan fingerprint density at radius 1 is 0.634 bits per heavy atom. The van der Waals surface area contributed by atoms with Crippen LogP contribution in [0.5, 0.6) is 0 Å². The highest BCUT2D eigenvalue weighted by atomic mass is 15.1. The van der Waals surface area contributed by atoms with Crippen LogP contribution >= 0.6 is 0 Å². The van der Waals surface area contributed by atoms with E-state index in [1.807, 2.05) is 24.4 Å². The first-order chi connectivity index (χ1) is 20.3. The second kappa shape index (κ2) is 9.61. The standard InChI is InChI=1S/C37H26N4/c1-2-11-29-26(9-1)10-7-13-30(29)34-23-27(24-35(40-34)33-15-5-6-21-38-33)25-17-19-28(20-18-25)41-36-16-4-3-12-31(36)32-14-8-22-39-37(32)41/h1-21,23-24,39H,22H2. The highest BCUT2D eigenvalue weighted by Crippen LogP contribution is 2.37. The van der Waals surface area contributed by atoms with Crippen molar-refractivity contribution in [1.29, 1.82) is 0 Å². The minimum Gasteiger partial charge on any atom is -0.367 e. The average Bonchev–Trinajstić information content (AvgIpc) is 3.39. The monoisotopic (exact) mass is 526 g/mol. The summed E-state index contributed by atoms with van der Waals surface area (Å²) in [6.07, 6.45) is 6.23. The van der Waals surface area contributed by atoms with Crippen molar-refractivity contribution in [3.05, 3.63) is 139 Å². The van der Waals surface area contributed by atoms with Crippen molar-refractivity contribution < 1.29 is 0 Å². The lowest BCUT2D eigenvalue weighted by Crippen LogP contribution is -2.08. The van der Waals surface area contributed by atoms with E-state index < -0.39 is 0 Å². The molecule has 0 saturated heterocycles. The van der Waals surface area contributed by atoms with E-state index in [9.17, 15) is 0 Å². The summed E-state index contributed by atoms with van der Waals surface area (Å²) in [5.41, 5.74) is 9.57. The van der Waals surface area contributed by atoms with E-state index in [0.29, 0.717) is 0 Å². The van der Waals surface area contributed by atoms with Crippen molar-refractivity contribution >= 4 is 33.6 Å². The number of hydrogen-bond acceptors (Lipinski definition) is 3. The Morgan fingerprint density at radius 2 is 1.41 bits per heavy atom. The van der Waals surface area contributed by atoms with Crippen LogP contribution in [-0.4, -0.2) is 21.1 Å². The molecule has 1 aliphatic heterocycles. The zero-order valence-corrected chi connectivity index (χ0v) is 22.3. The van der Waals surface area contributed by atoms with Gasteiger partial charge in [0.15, 0.2) is 0 Å². The molecule has 0 spiro atoms. The molecule has 0 aliphatic carbocycles. The topological polar surface area (TPSA) is 42.7 Å². The summed E-state index contributed by atoms with van der Waals surface area (Å²) >= 11 is 0. The number of anilines is 1. The summed E-state index contributed by atoms with van der Waals surface area (Å²) in [5.74, 6) is 1.14. The average molecular weight is 527 g/mol. The predicted molar refractivity (Wildman–Crippen MR) is 170 cm³/mol. The van der Waals surface area contributed by atoms with E-state index in [4.69, 9.17) is 4.98 Å². The molecule has 0 atom stereocenters. The third-order valence-corrected chi connectivity index (χ3v) is 7.86. The van der Waals surface area contributed by atoms with E-state index in [0.717, 1.165) is 51.8 Å². The number of nitrogens with zero attached hydrogens (tertiary/aromatic N) is 3. The van der Waals surface area contributed by atoms with Gasteiger partial charge in [-0.05, 0) is 64.4 Å². The molecule has 0 unspecified atom stereocenters. The first kappa shape index (κ1) is 23.4. The summed E-state index contributed by atoms with van der Waals surface area (Å²) in [6, 6.07) is 42.6. The van der Waals surface area contributed by atoms with E-state index in [1.165, 1.54) is 27.2 Å². The maximum absolute atomic E-state index is 5.11. The molecule has 194 valence electrons. The number of pyridine rings is 2. The fraction of sp³-hybridized carbons (Fsp3) is 0.0270. The molecule has 4 heterocycles. The lowest BCUT2D eigenvalue weighted by atomic mass is 9.97. The Balaban J connectivity index is 1.28. The van der Waals surface area contributed by atoms with Gasteiger partial charge in [-0.3, -0.25) is 9.55 Å². The zero-order chi connectivity index (χ0) is 27.2. The molecule has 0 fully saturated rings. The summed E-state index contributed by atoms with van der Waals surface area (Å²) in [4.78, 5) is 9.73. The predicted octanol–water partition coefficient (Wildman–Crippen LogP) is 9.01. The lowest BCUT2D eigenvalue weighted by Gasteiger charge is -2.16. The third kappa shape index (κ3) is 4.00. The number of fused-ring (bicyclic) bond motifs is 4. The van der Waals surface area contributed by atoms with Gasteiger partial charge in [-0.2, -0.15) is 0 Å². The van der Waals surface area contributed by atoms with Crippen molar-refractivity contribution in [3.63, 3.8) is 0 Å². The molecule has 1 aliphatic rings. The summed E-state index contributed by atoms with van der Waals surface area (Å²) in [5, 5.41) is 7.23. The molecule has 0 radical (unpaired) electrons. The Hall–Kier alpha value is -5.48. The van der Waals surface area contributed by atoms with Crippen LogP contribution in [0.2, 0.25) is 0 Å². The van der Waals surface area contributed by atoms with Crippen molar-refractivity contribution in [1.82, 2.24) is 14.5 Å². The minimum atomic E-state index is 0.825. The Kier molecular flexibility index (Phi) is 5.49. The molecule has 7 aromatic rings. The van der Waals surface area contributed by atoms with Gasteiger partial charge in [0.25, 0.3) is 0 Å². The first-order valence-electron chi connectivity index (χ1n) is 13.9. The second-order valence-corrected chi connectivity index (χ2v) is 10.3. The lowest BCUT2D eigenvalue weighted by molar-refractivity contribution is 1.09. The van der Waals surface area contributed by atoms with Crippen LogP contribution in [0.15, 0.2) is 134 Å². The van der Waals surface area contributed by atoms with Crippen LogP contribution in [0.3, 0.4) is 0 Å². The van der Waals surface area contributed by atoms with Gasteiger partial charge in [0.05, 0.1) is 22.6 Å². The maximum atomic E-state index is 5.11. The van der Waals surface area contributed by atoms with E-state index >= 15 is 0 Å². The van der Waals surface area contributed by atoms with Crippen molar-refractivity contribution in [3.8, 4) is 39.5 Å². The molecule has 0 amide bonds. The number of nitrogens with one attached hydrogen (secondary N) is 1. The largest absolute Gasteiger partial charge is 0.367 e. The van der Waals surface area contributed by atoms with E-state index in [1.54, 1.807) is 0 Å². The number of benzene rings is 4. The smallest absolute Gasteiger partial charge is 0.119 e. The van der Waals surface area contributed by atoms with Gasteiger partial charge in [-0.1, -0.05) is 91.0 Å². The molecule has 0 bridgehead atoms. The van der Waals surface area contributed by atoms with Gasteiger partial charge >= 0.3 is 0 Å². The summed E-state index contributed by atoms with van der Waals surface area (Å²) in [6.45, 7) is 0.825. The molecule has 0 saturated carbocycles. The third-order valence-electron chi connectivity index (χ3n) is 7.86. The second-order valence-electron chi connectivity index (χ2n) is 10.3. The SMILES string of the molecule is C1=Cc2c(n(-c3ccc(-c4cc(-c5ccccn5)nc(-c5cccc6ccccc56)c4)cc3)c3ccccc23)NC1. The number of rotatable bonds is 4. The Bertz CT molecular complexity index is 2080. The molecule has 4 aromatic carbocycles. The van der Waals surface area contributed by atoms with Crippen LogP contribution in [0.1, 0.15) is 5.56 Å². The molecule has 3 aromatic heterocycles. The molecular weight excluding hydrogens is 500 g/mol. The van der Waals surface area contributed by atoms with Gasteiger partial charge in [0, 0.05) is 34.9 Å². The van der Waals surface area contributed by atoms with Gasteiger partial charge in [0.2, 0.25) is 0 Å². The fourth-order valence-corrected chi connectivity index (χ4v) is 5.94. The van der Waals surface area contributed by atoms with Crippen LogP contribution in [0, 0.1) is 0 Å². The number of hydrogen-bond donors (Lipinski definition) is 1. The normalized spacial score (nSPS) is 12.4. The maximum Gasteiger partial charge on any atom is 0.119 e. The van der Waals surface area contributed by atoms with Crippen LogP contribution in [-0.2, 0) is 0 Å². The summed E-state index contributed by atoms with van der Waals surface area (Å²) in [7, 11) is 0. The van der Waals surface area contributed by atoms with Crippen LogP contribution < -0.4 is 5.32 Å². The minimum absolute atomic E-state index is 0.825. The van der Waals surface area contributed by atoms with Crippen molar-refractivity contribution in [2.45, 2.75) is 0 Å². The quantitative estimate of drug-likeness (QED) is 0.249. The highest BCUT2D eigenvalue weighted by molar-refractivity contribution is 5.99. The molecular formula is C37H26N4. The van der Waals surface area contributed by atoms with E-state index in [2.05, 4.69) is 130 Å². The molecule has 4 heteroatoms. The van der Waals surface area contributed by atoms with Gasteiger partial charge in [-0.15, -0.1) is 0 Å². The Morgan fingerprint density at radius 3 is 2.29 bits per heavy atom. The van der Waals surface area contributed by atoms with Crippen molar-refractivity contribution in [2.75, 3.05) is 11.9 Å². The number of aromatic nitrogens is 3. The van der Waals surface area contributed by atoms with Gasteiger partial charge < -0.3 is 5.32 Å². The first-order valence-corrected chi connectivity index (χ1v) is 13.9. The molecule has 4 nitrogen and oxygen atoms in total. The number of para-hydroxylation sites is 1.